The molecule has 0 radical (unpaired) electrons. The first-order valence-electron chi connectivity index (χ1n) is 10.1. The van der Waals surface area contributed by atoms with Crippen LogP contribution in [0.15, 0.2) is 97.1 Å². The van der Waals surface area contributed by atoms with E-state index >= 15 is 0 Å². The van der Waals surface area contributed by atoms with Crippen LogP contribution >= 0.6 is 11.6 Å². The number of hydrogen-bond acceptors (Lipinski definition) is 2. The standard InChI is InChI=1S/C28H16ClNO/c29-24-12-6-5-9-20(24)23-16-25(19-14-13-17-7-1-2-8-18(17)15-19)30-27-21-10-3-4-11-22(21)28(31)26(23)27/h1-16H. The highest BCUT2D eigenvalue weighted by Gasteiger charge is 2.32. The predicted molar refractivity (Wildman–Crippen MR) is 126 cm³/mol. The first-order chi connectivity index (χ1) is 15.2. The van der Waals surface area contributed by atoms with Crippen molar-refractivity contribution in [3.63, 3.8) is 0 Å². The van der Waals surface area contributed by atoms with E-state index in [1.165, 1.54) is 5.39 Å². The van der Waals surface area contributed by atoms with Gasteiger partial charge in [-0.3, -0.25) is 4.79 Å². The molecule has 31 heavy (non-hydrogen) atoms. The molecule has 0 atom stereocenters. The van der Waals surface area contributed by atoms with E-state index in [9.17, 15) is 4.79 Å². The normalized spacial score (nSPS) is 12.1. The maximum Gasteiger partial charge on any atom is 0.196 e. The molecule has 5 aromatic rings. The molecule has 0 aliphatic heterocycles. The van der Waals surface area contributed by atoms with E-state index in [1.54, 1.807) is 0 Å². The molecule has 0 bridgehead atoms. The third-order valence-electron chi connectivity index (χ3n) is 5.88. The van der Waals surface area contributed by atoms with Crippen LogP contribution in [-0.2, 0) is 0 Å². The van der Waals surface area contributed by atoms with Gasteiger partial charge in [0.25, 0.3) is 0 Å². The fourth-order valence-corrected chi connectivity index (χ4v) is 4.62. The Hall–Kier alpha value is -3.75. The van der Waals surface area contributed by atoms with Crippen molar-refractivity contribution in [2.75, 3.05) is 0 Å². The molecule has 6 rings (SSSR count). The molecule has 0 N–H and O–H groups in total. The lowest BCUT2D eigenvalue weighted by atomic mass is 9.95. The predicted octanol–water partition coefficient (Wildman–Crippen LogP) is 7.43. The van der Waals surface area contributed by atoms with Crippen LogP contribution in [0.4, 0.5) is 0 Å². The van der Waals surface area contributed by atoms with Crippen LogP contribution in [0, 0.1) is 0 Å². The van der Waals surface area contributed by atoms with Crippen molar-refractivity contribution in [3.8, 4) is 33.6 Å². The lowest BCUT2D eigenvalue weighted by molar-refractivity contribution is 0.104. The molecule has 0 amide bonds. The van der Waals surface area contributed by atoms with Crippen LogP contribution in [0.2, 0.25) is 5.02 Å². The number of fused-ring (bicyclic) bond motifs is 4. The number of carbonyl (C=O) groups excluding carboxylic acids is 1. The van der Waals surface area contributed by atoms with Crippen molar-refractivity contribution in [3.05, 3.63) is 113 Å². The van der Waals surface area contributed by atoms with Gasteiger partial charge in [0.1, 0.15) is 0 Å². The van der Waals surface area contributed by atoms with Crippen molar-refractivity contribution in [2.45, 2.75) is 0 Å². The van der Waals surface area contributed by atoms with Gasteiger partial charge in [0.05, 0.1) is 17.0 Å². The average Bonchev–Trinajstić information content (AvgIpc) is 3.11. The molecule has 0 saturated carbocycles. The largest absolute Gasteiger partial charge is 0.288 e. The highest BCUT2D eigenvalue weighted by atomic mass is 35.5. The summed E-state index contributed by atoms with van der Waals surface area (Å²) < 4.78 is 0. The number of pyridine rings is 1. The molecule has 0 unspecified atom stereocenters. The highest BCUT2D eigenvalue weighted by Crippen LogP contribution is 2.43. The number of benzene rings is 4. The lowest BCUT2D eigenvalue weighted by Gasteiger charge is -2.13. The van der Waals surface area contributed by atoms with E-state index in [0.717, 1.165) is 39.0 Å². The van der Waals surface area contributed by atoms with Crippen LogP contribution in [-0.4, -0.2) is 10.8 Å². The Balaban J connectivity index is 1.67. The molecular weight excluding hydrogens is 402 g/mol. The molecule has 2 nitrogen and oxygen atoms in total. The molecule has 1 aliphatic carbocycles. The van der Waals surface area contributed by atoms with Gasteiger partial charge >= 0.3 is 0 Å². The van der Waals surface area contributed by atoms with E-state index < -0.39 is 0 Å². The second-order valence-corrected chi connectivity index (χ2v) is 8.10. The smallest absolute Gasteiger partial charge is 0.196 e. The number of ketones is 1. The zero-order valence-corrected chi connectivity index (χ0v) is 17.2. The van der Waals surface area contributed by atoms with Gasteiger partial charge in [-0.2, -0.15) is 0 Å². The van der Waals surface area contributed by atoms with Crippen LogP contribution in [0.5, 0.6) is 0 Å². The quantitative estimate of drug-likeness (QED) is 0.293. The molecule has 4 aromatic carbocycles. The van der Waals surface area contributed by atoms with Gasteiger partial charge in [-0.1, -0.05) is 90.5 Å². The zero-order valence-electron chi connectivity index (χ0n) is 16.5. The van der Waals surface area contributed by atoms with Crippen molar-refractivity contribution in [1.29, 1.82) is 0 Å². The molecule has 146 valence electrons. The average molecular weight is 418 g/mol. The van der Waals surface area contributed by atoms with Gasteiger partial charge in [0, 0.05) is 27.3 Å². The number of aromatic nitrogens is 1. The minimum atomic E-state index is -0.00178. The summed E-state index contributed by atoms with van der Waals surface area (Å²) in [7, 11) is 0. The minimum Gasteiger partial charge on any atom is -0.288 e. The Morgan fingerprint density at radius 1 is 0.613 bits per heavy atom. The summed E-state index contributed by atoms with van der Waals surface area (Å²) in [6, 6.07) is 31.9. The van der Waals surface area contributed by atoms with Gasteiger partial charge < -0.3 is 0 Å². The third kappa shape index (κ3) is 2.80. The Labute approximate surface area is 184 Å². The Morgan fingerprint density at radius 3 is 2.10 bits per heavy atom. The monoisotopic (exact) mass is 417 g/mol. The summed E-state index contributed by atoms with van der Waals surface area (Å²) in [6.45, 7) is 0. The molecular formula is C28H16ClNO. The number of carbonyl (C=O) groups is 1. The van der Waals surface area contributed by atoms with Crippen molar-refractivity contribution in [1.82, 2.24) is 4.98 Å². The number of hydrogen-bond donors (Lipinski definition) is 0. The van der Waals surface area contributed by atoms with Gasteiger partial charge in [-0.15, -0.1) is 0 Å². The molecule has 3 heteroatoms. The third-order valence-corrected chi connectivity index (χ3v) is 6.21. The summed E-state index contributed by atoms with van der Waals surface area (Å²) in [5.74, 6) is -0.00178. The van der Waals surface area contributed by atoms with Gasteiger partial charge in [0.15, 0.2) is 5.78 Å². The second-order valence-electron chi connectivity index (χ2n) is 7.70. The number of nitrogens with zero attached hydrogens (tertiary/aromatic N) is 1. The van der Waals surface area contributed by atoms with Crippen LogP contribution in [0.1, 0.15) is 15.9 Å². The molecule has 1 aromatic heterocycles. The maximum absolute atomic E-state index is 13.3. The fraction of sp³-hybridized carbons (Fsp3) is 0. The second kappa shape index (κ2) is 6.90. The topological polar surface area (TPSA) is 30.0 Å². The van der Waals surface area contributed by atoms with E-state index in [0.29, 0.717) is 16.1 Å². The minimum absolute atomic E-state index is 0.00178. The van der Waals surface area contributed by atoms with Crippen molar-refractivity contribution >= 4 is 28.2 Å². The number of halogens is 1. The zero-order chi connectivity index (χ0) is 20.9. The van der Waals surface area contributed by atoms with Crippen LogP contribution in [0.3, 0.4) is 0 Å². The molecule has 0 spiro atoms. The first kappa shape index (κ1) is 18.1. The Bertz CT molecular complexity index is 1520. The summed E-state index contributed by atoms with van der Waals surface area (Å²) in [4.78, 5) is 18.3. The summed E-state index contributed by atoms with van der Waals surface area (Å²) in [5, 5.41) is 2.95. The van der Waals surface area contributed by atoms with E-state index in [2.05, 4.69) is 30.3 Å². The van der Waals surface area contributed by atoms with Gasteiger partial charge in [-0.25, -0.2) is 4.98 Å². The first-order valence-corrected chi connectivity index (χ1v) is 10.5. The maximum atomic E-state index is 13.3. The summed E-state index contributed by atoms with van der Waals surface area (Å²) >= 11 is 6.56. The van der Waals surface area contributed by atoms with Crippen LogP contribution < -0.4 is 0 Å². The lowest BCUT2D eigenvalue weighted by Crippen LogP contribution is -2.01. The van der Waals surface area contributed by atoms with Crippen molar-refractivity contribution < 1.29 is 4.79 Å². The Kier molecular flexibility index (Phi) is 4.02. The van der Waals surface area contributed by atoms with E-state index in [1.807, 2.05) is 66.7 Å². The van der Waals surface area contributed by atoms with Crippen LogP contribution in [0.25, 0.3) is 44.4 Å². The summed E-state index contributed by atoms with van der Waals surface area (Å²) in [6.07, 6.45) is 0. The molecule has 0 fully saturated rings. The van der Waals surface area contributed by atoms with E-state index in [4.69, 9.17) is 16.6 Å². The number of rotatable bonds is 2. The van der Waals surface area contributed by atoms with Gasteiger partial charge in [0.2, 0.25) is 0 Å². The molecule has 0 saturated heterocycles. The molecule has 1 heterocycles. The summed E-state index contributed by atoms with van der Waals surface area (Å²) in [5.41, 5.74) is 6.40. The SMILES string of the molecule is O=C1c2ccccc2-c2nc(-c3ccc4ccccc4c3)cc(-c3ccccc3Cl)c21. The van der Waals surface area contributed by atoms with Gasteiger partial charge in [-0.05, 0) is 34.5 Å². The van der Waals surface area contributed by atoms with Crippen molar-refractivity contribution in [2.24, 2.45) is 0 Å². The Morgan fingerprint density at radius 2 is 1.29 bits per heavy atom. The fourth-order valence-electron chi connectivity index (χ4n) is 4.38. The highest BCUT2D eigenvalue weighted by molar-refractivity contribution is 6.34. The van der Waals surface area contributed by atoms with E-state index in [-0.39, 0.29) is 5.78 Å². The molecule has 1 aliphatic rings.